The Bertz CT molecular complexity index is 1070. The number of amides is 1. The van der Waals surface area contributed by atoms with Crippen LogP contribution in [0, 0.1) is 26.2 Å². The number of aliphatic imine (C=N–C) groups is 1. The van der Waals surface area contributed by atoms with E-state index in [0.717, 1.165) is 16.8 Å². The van der Waals surface area contributed by atoms with Gasteiger partial charge < -0.3 is 14.8 Å². The number of hydrogen-bond acceptors (Lipinski definition) is 5. The molecule has 30 heavy (non-hydrogen) atoms. The molecule has 0 radical (unpaired) electrons. The van der Waals surface area contributed by atoms with Crippen molar-refractivity contribution in [1.29, 1.82) is 0 Å². The number of carbonyl (C=O) groups excluding carboxylic acids is 1. The first-order valence-electron chi connectivity index (χ1n) is 9.30. The molecular weight excluding hydrogens is 420 g/mol. The van der Waals surface area contributed by atoms with E-state index in [1.165, 1.54) is 11.8 Å². The number of nitrogens with one attached hydrogen (secondary N) is 1. The van der Waals surface area contributed by atoms with Crippen molar-refractivity contribution in [2.24, 2.45) is 4.99 Å². The van der Waals surface area contributed by atoms with Gasteiger partial charge in [0, 0.05) is 0 Å². The zero-order valence-electron chi connectivity index (χ0n) is 16.9. The number of benzene rings is 2. The van der Waals surface area contributed by atoms with E-state index < -0.39 is 0 Å². The summed E-state index contributed by atoms with van der Waals surface area (Å²) in [4.78, 5) is 17.5. The van der Waals surface area contributed by atoms with Crippen molar-refractivity contribution in [3.63, 3.8) is 0 Å². The Morgan fingerprint density at radius 3 is 2.60 bits per heavy atom. The molecule has 154 valence electrons. The van der Waals surface area contributed by atoms with E-state index in [2.05, 4.69) is 22.3 Å². The number of terminal acetylenes is 1. The molecule has 0 unspecified atom stereocenters. The predicted molar refractivity (Wildman–Crippen MR) is 124 cm³/mol. The summed E-state index contributed by atoms with van der Waals surface area (Å²) in [7, 11) is 0. The minimum atomic E-state index is -0.218. The summed E-state index contributed by atoms with van der Waals surface area (Å²) in [6, 6.07) is 9.48. The number of carbonyl (C=O) groups is 1. The van der Waals surface area contributed by atoms with E-state index in [0.29, 0.717) is 38.8 Å². The summed E-state index contributed by atoms with van der Waals surface area (Å²) in [6.07, 6.45) is 7.00. The monoisotopic (exact) mass is 440 g/mol. The quantitative estimate of drug-likeness (QED) is 0.491. The number of halogens is 1. The smallest absolute Gasteiger partial charge is 0.264 e. The Kier molecular flexibility index (Phi) is 7.09. The summed E-state index contributed by atoms with van der Waals surface area (Å²) >= 11 is 7.63. The normalized spacial score (nSPS) is 15.9. The first-order chi connectivity index (χ1) is 14.4. The van der Waals surface area contributed by atoms with Gasteiger partial charge >= 0.3 is 0 Å². The van der Waals surface area contributed by atoms with E-state index in [1.54, 1.807) is 18.2 Å². The molecule has 0 spiro atoms. The Balaban J connectivity index is 1.88. The molecule has 1 saturated heterocycles. The highest BCUT2D eigenvalue weighted by Gasteiger charge is 2.24. The van der Waals surface area contributed by atoms with Crippen molar-refractivity contribution in [3.05, 3.63) is 56.9 Å². The fourth-order valence-electron chi connectivity index (χ4n) is 2.95. The van der Waals surface area contributed by atoms with E-state index in [4.69, 9.17) is 27.5 Å². The van der Waals surface area contributed by atoms with Crippen LogP contribution in [0.5, 0.6) is 11.5 Å². The maximum absolute atomic E-state index is 12.4. The highest BCUT2D eigenvalue weighted by atomic mass is 35.5. The molecule has 2 aromatic carbocycles. The first kappa shape index (κ1) is 21.8. The SMILES string of the molecule is C#CCOc1c(Cl)cc(/C=C2/SC(=Nc3cc(C)cc(C)c3)NC2=O)cc1OCC. The van der Waals surface area contributed by atoms with Gasteiger partial charge in [-0.15, -0.1) is 6.42 Å². The lowest BCUT2D eigenvalue weighted by Crippen LogP contribution is -2.19. The number of nitrogens with zero attached hydrogens (tertiary/aromatic N) is 1. The summed E-state index contributed by atoms with van der Waals surface area (Å²) < 4.78 is 11.1. The highest BCUT2D eigenvalue weighted by molar-refractivity contribution is 8.18. The third-order valence-electron chi connectivity index (χ3n) is 4.02. The van der Waals surface area contributed by atoms with Gasteiger partial charge in [0.2, 0.25) is 0 Å². The van der Waals surface area contributed by atoms with Crippen molar-refractivity contribution in [1.82, 2.24) is 5.32 Å². The minimum Gasteiger partial charge on any atom is -0.490 e. The van der Waals surface area contributed by atoms with Crippen molar-refractivity contribution in [2.75, 3.05) is 13.2 Å². The van der Waals surface area contributed by atoms with Crippen LogP contribution in [0.25, 0.3) is 6.08 Å². The molecule has 0 aliphatic carbocycles. The van der Waals surface area contributed by atoms with Crippen LogP contribution in [0.15, 0.2) is 40.2 Å². The molecule has 1 amide bonds. The summed E-state index contributed by atoms with van der Waals surface area (Å²) in [5.74, 6) is 3.05. The van der Waals surface area contributed by atoms with Gasteiger partial charge in [-0.3, -0.25) is 4.79 Å². The Labute approximate surface area is 185 Å². The molecule has 0 aromatic heterocycles. The summed E-state index contributed by atoms with van der Waals surface area (Å²) in [5.41, 5.74) is 3.74. The Morgan fingerprint density at radius 2 is 1.93 bits per heavy atom. The molecule has 3 rings (SSSR count). The molecule has 0 saturated carbocycles. The molecule has 1 aliphatic heterocycles. The Morgan fingerprint density at radius 1 is 1.20 bits per heavy atom. The number of ether oxygens (including phenoxy) is 2. The fourth-order valence-corrected chi connectivity index (χ4v) is 4.07. The number of hydrogen-bond donors (Lipinski definition) is 1. The maximum Gasteiger partial charge on any atom is 0.264 e. The van der Waals surface area contributed by atoms with Crippen LogP contribution in [0.4, 0.5) is 5.69 Å². The van der Waals surface area contributed by atoms with Gasteiger partial charge in [-0.25, -0.2) is 4.99 Å². The number of aryl methyl sites for hydroxylation is 2. The van der Waals surface area contributed by atoms with Gasteiger partial charge in [-0.2, -0.15) is 0 Å². The largest absolute Gasteiger partial charge is 0.490 e. The molecule has 1 aliphatic rings. The third-order valence-corrected chi connectivity index (χ3v) is 5.21. The van der Waals surface area contributed by atoms with Crippen LogP contribution < -0.4 is 14.8 Å². The standard InChI is InChI=1S/C23H21ClN2O3S/c1-5-7-29-21-18(24)11-16(12-19(21)28-6-2)13-20-22(27)26-23(30-20)25-17-9-14(3)8-15(4)10-17/h1,8-13H,6-7H2,2-4H3,(H,25,26,27)/b20-13+. The van der Waals surface area contributed by atoms with Crippen LogP contribution in [-0.2, 0) is 4.79 Å². The highest BCUT2D eigenvalue weighted by Crippen LogP contribution is 2.38. The van der Waals surface area contributed by atoms with Crippen LogP contribution in [-0.4, -0.2) is 24.3 Å². The number of amidine groups is 1. The van der Waals surface area contributed by atoms with E-state index in [9.17, 15) is 4.79 Å². The molecular formula is C23H21ClN2O3S. The minimum absolute atomic E-state index is 0.0801. The maximum atomic E-state index is 12.4. The number of thioether (sulfide) groups is 1. The van der Waals surface area contributed by atoms with E-state index in [1.807, 2.05) is 32.9 Å². The lowest BCUT2D eigenvalue weighted by Gasteiger charge is -2.13. The Hall–Kier alpha value is -2.88. The molecule has 2 aromatic rings. The molecule has 5 nitrogen and oxygen atoms in total. The second-order valence-electron chi connectivity index (χ2n) is 6.58. The fraction of sp³-hybridized carbons (Fsp3) is 0.217. The number of rotatable bonds is 6. The molecule has 0 bridgehead atoms. The average Bonchev–Trinajstić information content (AvgIpc) is 2.99. The van der Waals surface area contributed by atoms with Crippen LogP contribution >= 0.6 is 23.4 Å². The van der Waals surface area contributed by atoms with Crippen LogP contribution in [0.3, 0.4) is 0 Å². The molecule has 1 N–H and O–H groups in total. The van der Waals surface area contributed by atoms with Crippen LogP contribution in [0.2, 0.25) is 5.02 Å². The van der Waals surface area contributed by atoms with Gasteiger partial charge in [0.1, 0.15) is 6.61 Å². The topological polar surface area (TPSA) is 59.9 Å². The van der Waals surface area contributed by atoms with Crippen LogP contribution in [0.1, 0.15) is 23.6 Å². The molecule has 7 heteroatoms. The predicted octanol–water partition coefficient (Wildman–Crippen LogP) is 5.26. The van der Waals surface area contributed by atoms with Gasteiger partial charge in [0.05, 0.1) is 22.2 Å². The lowest BCUT2D eigenvalue weighted by atomic mass is 10.1. The first-order valence-corrected chi connectivity index (χ1v) is 10.5. The van der Waals surface area contributed by atoms with Crippen molar-refractivity contribution in [3.8, 4) is 23.8 Å². The van der Waals surface area contributed by atoms with E-state index >= 15 is 0 Å². The lowest BCUT2D eigenvalue weighted by molar-refractivity contribution is -0.115. The van der Waals surface area contributed by atoms with E-state index in [-0.39, 0.29) is 12.5 Å². The molecule has 1 heterocycles. The average molecular weight is 441 g/mol. The summed E-state index contributed by atoms with van der Waals surface area (Å²) in [6.45, 7) is 6.40. The molecule has 1 fully saturated rings. The second-order valence-corrected chi connectivity index (χ2v) is 8.02. The van der Waals surface area contributed by atoms with Gasteiger partial charge in [0.25, 0.3) is 5.91 Å². The van der Waals surface area contributed by atoms with Gasteiger partial charge in [0.15, 0.2) is 16.7 Å². The summed E-state index contributed by atoms with van der Waals surface area (Å²) in [5, 5.41) is 3.69. The zero-order valence-corrected chi connectivity index (χ0v) is 18.5. The third kappa shape index (κ3) is 5.38. The second kappa shape index (κ2) is 9.75. The molecule has 0 atom stereocenters. The van der Waals surface area contributed by atoms with Gasteiger partial charge in [-0.1, -0.05) is 23.6 Å². The zero-order chi connectivity index (χ0) is 21.7. The van der Waals surface area contributed by atoms with Crippen molar-refractivity contribution in [2.45, 2.75) is 20.8 Å². The van der Waals surface area contributed by atoms with Crippen molar-refractivity contribution >= 4 is 46.2 Å². The van der Waals surface area contributed by atoms with Gasteiger partial charge in [-0.05, 0) is 79.6 Å². The van der Waals surface area contributed by atoms with Crippen molar-refractivity contribution < 1.29 is 14.3 Å².